The van der Waals surface area contributed by atoms with Crippen LogP contribution in [0.1, 0.15) is 5.56 Å². The number of phenolic OH excluding ortho intramolecular Hbond substituents is 1. The Morgan fingerprint density at radius 2 is 2.25 bits per heavy atom. The number of rotatable bonds is 2. The van der Waals surface area contributed by atoms with Gasteiger partial charge in [0.15, 0.2) is 5.82 Å². The maximum Gasteiger partial charge on any atom is 0.151 e. The summed E-state index contributed by atoms with van der Waals surface area (Å²) in [6.07, 6.45) is 0. The summed E-state index contributed by atoms with van der Waals surface area (Å²) in [5.41, 5.74) is 0.209. The standard InChI is InChI=1S/C7H7ClFNO2/c8-6-5(11)2-1-4(3-12-10)7(6)9/h1-2,11H,3,10H2. The monoisotopic (exact) mass is 191 g/mol. The molecule has 1 rings (SSSR count). The molecular formula is C7H7ClFNO2. The van der Waals surface area contributed by atoms with E-state index in [9.17, 15) is 4.39 Å². The molecule has 0 fully saturated rings. The molecule has 3 nitrogen and oxygen atoms in total. The molecule has 0 aliphatic heterocycles. The van der Waals surface area contributed by atoms with Crippen molar-refractivity contribution in [1.82, 2.24) is 0 Å². The fourth-order valence-corrected chi connectivity index (χ4v) is 0.965. The van der Waals surface area contributed by atoms with Gasteiger partial charge in [-0.3, -0.25) is 4.84 Å². The first kappa shape index (κ1) is 9.25. The van der Waals surface area contributed by atoms with Gasteiger partial charge in [-0.2, -0.15) is 0 Å². The van der Waals surface area contributed by atoms with Crippen molar-refractivity contribution in [2.45, 2.75) is 6.61 Å². The van der Waals surface area contributed by atoms with Crippen LogP contribution in [0.25, 0.3) is 0 Å². The van der Waals surface area contributed by atoms with Crippen molar-refractivity contribution in [3.8, 4) is 5.75 Å². The van der Waals surface area contributed by atoms with Gasteiger partial charge in [0.25, 0.3) is 0 Å². The van der Waals surface area contributed by atoms with Crippen LogP contribution in [0.15, 0.2) is 12.1 Å². The molecule has 0 radical (unpaired) electrons. The van der Waals surface area contributed by atoms with Gasteiger partial charge in [-0.25, -0.2) is 10.3 Å². The molecule has 1 aromatic rings. The molecule has 0 saturated carbocycles. The summed E-state index contributed by atoms with van der Waals surface area (Å²) < 4.78 is 13.0. The van der Waals surface area contributed by atoms with E-state index in [1.54, 1.807) is 0 Å². The fourth-order valence-electron chi connectivity index (χ4n) is 0.781. The minimum absolute atomic E-state index is 0.0775. The van der Waals surface area contributed by atoms with E-state index in [0.29, 0.717) is 0 Å². The van der Waals surface area contributed by atoms with E-state index in [4.69, 9.17) is 22.6 Å². The predicted octanol–water partition coefficient (Wildman–Crippen LogP) is 1.57. The van der Waals surface area contributed by atoms with E-state index in [0.717, 1.165) is 0 Å². The molecule has 0 heterocycles. The third kappa shape index (κ3) is 1.66. The van der Waals surface area contributed by atoms with Crippen molar-refractivity contribution in [2.75, 3.05) is 0 Å². The Bertz CT molecular complexity index is 293. The van der Waals surface area contributed by atoms with Crippen LogP contribution in [0.3, 0.4) is 0 Å². The maximum absolute atomic E-state index is 13.0. The van der Waals surface area contributed by atoms with Crippen LogP contribution < -0.4 is 5.90 Å². The topological polar surface area (TPSA) is 55.5 Å². The smallest absolute Gasteiger partial charge is 0.151 e. The highest BCUT2D eigenvalue weighted by Crippen LogP contribution is 2.28. The van der Waals surface area contributed by atoms with E-state index in [1.165, 1.54) is 12.1 Å². The largest absolute Gasteiger partial charge is 0.506 e. The SMILES string of the molecule is NOCc1ccc(O)c(Cl)c1F. The zero-order chi connectivity index (χ0) is 9.14. The summed E-state index contributed by atoms with van der Waals surface area (Å²) in [7, 11) is 0. The molecule has 0 spiro atoms. The highest BCUT2D eigenvalue weighted by Gasteiger charge is 2.10. The molecule has 3 N–H and O–H groups in total. The molecule has 66 valence electrons. The Kier molecular flexibility index (Phi) is 2.86. The lowest BCUT2D eigenvalue weighted by atomic mass is 10.2. The van der Waals surface area contributed by atoms with Gasteiger partial charge in [0.1, 0.15) is 10.8 Å². The summed E-state index contributed by atoms with van der Waals surface area (Å²) in [5.74, 6) is 3.74. The first-order valence-electron chi connectivity index (χ1n) is 3.14. The molecule has 0 unspecified atom stereocenters. The second-order valence-corrected chi connectivity index (χ2v) is 2.56. The molecule has 1 aromatic carbocycles. The number of aromatic hydroxyl groups is 1. The quantitative estimate of drug-likeness (QED) is 0.698. The minimum Gasteiger partial charge on any atom is -0.506 e. The number of hydrogen-bond acceptors (Lipinski definition) is 3. The van der Waals surface area contributed by atoms with Gasteiger partial charge in [-0.05, 0) is 12.1 Å². The first-order valence-corrected chi connectivity index (χ1v) is 3.52. The predicted molar refractivity (Wildman–Crippen MR) is 42.1 cm³/mol. The molecule has 0 aromatic heterocycles. The van der Waals surface area contributed by atoms with Gasteiger partial charge in [0.2, 0.25) is 0 Å². The summed E-state index contributed by atoms with van der Waals surface area (Å²) in [5, 5.41) is 8.63. The van der Waals surface area contributed by atoms with Gasteiger partial charge in [-0.1, -0.05) is 11.6 Å². The zero-order valence-electron chi connectivity index (χ0n) is 6.05. The molecule has 0 amide bonds. The Labute approximate surface area is 73.5 Å². The van der Waals surface area contributed by atoms with Gasteiger partial charge < -0.3 is 5.11 Å². The average molecular weight is 192 g/mol. The van der Waals surface area contributed by atoms with Crippen LogP contribution in [-0.4, -0.2) is 5.11 Å². The molecule has 0 saturated heterocycles. The van der Waals surface area contributed by atoms with Crippen molar-refractivity contribution in [2.24, 2.45) is 5.90 Å². The molecule has 0 bridgehead atoms. The second-order valence-electron chi connectivity index (χ2n) is 2.18. The fraction of sp³-hybridized carbons (Fsp3) is 0.143. The lowest BCUT2D eigenvalue weighted by molar-refractivity contribution is 0.121. The van der Waals surface area contributed by atoms with Gasteiger partial charge in [0, 0.05) is 5.56 Å². The molecule has 0 aliphatic rings. The summed E-state index contributed by atoms with van der Waals surface area (Å²) in [6, 6.07) is 2.63. The van der Waals surface area contributed by atoms with Crippen LogP contribution in [0.5, 0.6) is 5.75 Å². The molecule has 5 heteroatoms. The summed E-state index contributed by atoms with van der Waals surface area (Å²) in [4.78, 5) is 4.22. The van der Waals surface area contributed by atoms with Crippen LogP contribution in [-0.2, 0) is 11.4 Å². The number of phenols is 1. The van der Waals surface area contributed by atoms with Crippen LogP contribution in [0, 0.1) is 5.82 Å². The highest BCUT2D eigenvalue weighted by molar-refractivity contribution is 6.32. The Morgan fingerprint density at radius 1 is 1.58 bits per heavy atom. The minimum atomic E-state index is -0.706. The van der Waals surface area contributed by atoms with Gasteiger partial charge in [-0.15, -0.1) is 0 Å². The summed E-state index contributed by atoms with van der Waals surface area (Å²) >= 11 is 5.40. The van der Waals surface area contributed by atoms with Crippen molar-refractivity contribution < 1.29 is 14.3 Å². The van der Waals surface area contributed by atoms with Crippen LogP contribution in [0.2, 0.25) is 5.02 Å². The zero-order valence-corrected chi connectivity index (χ0v) is 6.81. The molecular weight excluding hydrogens is 185 g/mol. The average Bonchev–Trinajstić information content (AvgIpc) is 2.07. The van der Waals surface area contributed by atoms with E-state index < -0.39 is 5.82 Å². The van der Waals surface area contributed by atoms with Gasteiger partial charge >= 0.3 is 0 Å². The Morgan fingerprint density at radius 3 is 2.83 bits per heavy atom. The lowest BCUT2D eigenvalue weighted by Gasteiger charge is -2.03. The summed E-state index contributed by atoms with van der Waals surface area (Å²) in [6.45, 7) is -0.0775. The normalized spacial score (nSPS) is 10.2. The highest BCUT2D eigenvalue weighted by atomic mass is 35.5. The number of hydrogen-bond donors (Lipinski definition) is 2. The van der Waals surface area contributed by atoms with Crippen LogP contribution in [0.4, 0.5) is 4.39 Å². The van der Waals surface area contributed by atoms with Gasteiger partial charge in [0.05, 0.1) is 6.61 Å². The van der Waals surface area contributed by atoms with Crippen LogP contribution >= 0.6 is 11.6 Å². The molecule has 0 atom stereocenters. The van der Waals surface area contributed by atoms with E-state index in [-0.39, 0.29) is 22.9 Å². The maximum atomic E-state index is 13.0. The third-order valence-corrected chi connectivity index (χ3v) is 1.74. The Hall–Kier alpha value is -0.840. The Balaban J connectivity index is 3.08. The van der Waals surface area contributed by atoms with Crippen molar-refractivity contribution >= 4 is 11.6 Å². The lowest BCUT2D eigenvalue weighted by Crippen LogP contribution is -2.01. The van der Waals surface area contributed by atoms with Crippen molar-refractivity contribution in [3.05, 3.63) is 28.5 Å². The van der Waals surface area contributed by atoms with E-state index in [2.05, 4.69) is 4.84 Å². The number of benzene rings is 1. The number of nitrogens with two attached hydrogens (primary N) is 1. The second kappa shape index (κ2) is 3.71. The molecule has 12 heavy (non-hydrogen) atoms. The van der Waals surface area contributed by atoms with Crippen molar-refractivity contribution in [1.29, 1.82) is 0 Å². The van der Waals surface area contributed by atoms with E-state index in [1.807, 2.05) is 0 Å². The van der Waals surface area contributed by atoms with E-state index >= 15 is 0 Å². The molecule has 0 aliphatic carbocycles. The first-order chi connectivity index (χ1) is 5.66. The number of halogens is 2. The third-order valence-electron chi connectivity index (χ3n) is 1.38. The van der Waals surface area contributed by atoms with Crippen molar-refractivity contribution in [3.63, 3.8) is 0 Å².